The molecule has 1 aliphatic heterocycles. The van der Waals surface area contributed by atoms with Gasteiger partial charge < -0.3 is 0 Å². The Hall–Kier alpha value is 0.310. The van der Waals surface area contributed by atoms with E-state index in [1.165, 1.54) is 38.8 Å². The van der Waals surface area contributed by atoms with Crippen molar-refractivity contribution >= 4 is 11.9 Å². The number of piperidine rings is 1. The molecule has 2 fully saturated rings. The van der Waals surface area contributed by atoms with E-state index in [-0.39, 0.29) is 0 Å². The topological polar surface area (TPSA) is 3.24 Å². The lowest BCUT2D eigenvalue weighted by Crippen LogP contribution is -2.46. The minimum absolute atomic E-state index is 0.779. The summed E-state index contributed by atoms with van der Waals surface area (Å²) in [5, 5.41) is 0. The van der Waals surface area contributed by atoms with Gasteiger partial charge in [-0.1, -0.05) is 25.8 Å². The Morgan fingerprint density at radius 1 is 1.21 bits per heavy atom. The standard InChI is InChI=1S/C12H23NS/c1-10(2)11-8-12(9-11)4-6-13(14-3)7-5-12/h10-11H,4-9H2,1-3H3. The molecule has 0 aromatic carbocycles. The molecule has 82 valence electrons. The summed E-state index contributed by atoms with van der Waals surface area (Å²) in [4.78, 5) is 0. The molecule has 1 nitrogen and oxygen atoms in total. The van der Waals surface area contributed by atoms with Crippen LogP contribution in [0.25, 0.3) is 0 Å². The van der Waals surface area contributed by atoms with Crippen molar-refractivity contribution in [2.24, 2.45) is 17.3 Å². The molecule has 1 saturated carbocycles. The van der Waals surface area contributed by atoms with Crippen LogP contribution in [0.1, 0.15) is 39.5 Å². The van der Waals surface area contributed by atoms with Gasteiger partial charge in [-0.2, -0.15) is 0 Å². The lowest BCUT2D eigenvalue weighted by molar-refractivity contribution is -0.0144. The van der Waals surface area contributed by atoms with Gasteiger partial charge in [0, 0.05) is 13.1 Å². The lowest BCUT2D eigenvalue weighted by Gasteiger charge is -2.53. The second kappa shape index (κ2) is 4.05. The van der Waals surface area contributed by atoms with Crippen molar-refractivity contribution in [2.75, 3.05) is 19.3 Å². The minimum atomic E-state index is 0.779. The van der Waals surface area contributed by atoms with E-state index in [1.807, 2.05) is 11.9 Å². The van der Waals surface area contributed by atoms with Gasteiger partial charge in [-0.3, -0.25) is 4.31 Å². The predicted octanol–water partition coefficient (Wildman–Crippen LogP) is 3.41. The molecule has 0 amide bonds. The van der Waals surface area contributed by atoms with E-state index < -0.39 is 0 Å². The van der Waals surface area contributed by atoms with Crippen molar-refractivity contribution in [3.63, 3.8) is 0 Å². The quantitative estimate of drug-likeness (QED) is 0.647. The molecule has 0 bridgehead atoms. The summed E-state index contributed by atoms with van der Waals surface area (Å²) in [6, 6.07) is 0. The molecule has 0 N–H and O–H groups in total. The molecule has 0 radical (unpaired) electrons. The van der Waals surface area contributed by atoms with E-state index in [0.717, 1.165) is 17.3 Å². The van der Waals surface area contributed by atoms with Gasteiger partial charge in [0.15, 0.2) is 0 Å². The van der Waals surface area contributed by atoms with Crippen LogP contribution in [0, 0.1) is 17.3 Å². The van der Waals surface area contributed by atoms with Crippen molar-refractivity contribution in [3.05, 3.63) is 0 Å². The highest BCUT2D eigenvalue weighted by atomic mass is 32.2. The average molecular weight is 213 g/mol. The van der Waals surface area contributed by atoms with Crippen LogP contribution in [0.4, 0.5) is 0 Å². The molecule has 1 spiro atoms. The van der Waals surface area contributed by atoms with Crippen molar-refractivity contribution in [1.82, 2.24) is 4.31 Å². The molecule has 0 aromatic heterocycles. The molecule has 0 atom stereocenters. The van der Waals surface area contributed by atoms with Crippen LogP contribution >= 0.6 is 11.9 Å². The van der Waals surface area contributed by atoms with Crippen LogP contribution in [-0.2, 0) is 0 Å². The van der Waals surface area contributed by atoms with Gasteiger partial charge in [0.25, 0.3) is 0 Å². The fraction of sp³-hybridized carbons (Fsp3) is 1.00. The molecule has 0 unspecified atom stereocenters. The van der Waals surface area contributed by atoms with Crippen LogP contribution in [0.3, 0.4) is 0 Å². The zero-order chi connectivity index (χ0) is 10.2. The van der Waals surface area contributed by atoms with Crippen LogP contribution in [-0.4, -0.2) is 23.7 Å². The van der Waals surface area contributed by atoms with Crippen molar-refractivity contribution in [2.45, 2.75) is 39.5 Å². The maximum Gasteiger partial charge on any atom is 0.00945 e. The lowest BCUT2D eigenvalue weighted by atomic mass is 9.55. The Balaban J connectivity index is 1.80. The SMILES string of the molecule is CSN1CCC2(CC1)CC(C(C)C)C2. The van der Waals surface area contributed by atoms with Crippen molar-refractivity contribution < 1.29 is 0 Å². The Morgan fingerprint density at radius 3 is 2.21 bits per heavy atom. The molecule has 2 rings (SSSR count). The second-order valence-electron chi connectivity index (χ2n) is 5.52. The molecule has 0 aromatic rings. The highest BCUT2D eigenvalue weighted by Crippen LogP contribution is 2.55. The first-order valence-electron chi connectivity index (χ1n) is 5.94. The molecule has 1 saturated heterocycles. The van der Waals surface area contributed by atoms with Gasteiger partial charge in [-0.15, -0.1) is 0 Å². The summed E-state index contributed by atoms with van der Waals surface area (Å²) in [7, 11) is 0. The maximum atomic E-state index is 2.52. The third kappa shape index (κ3) is 1.96. The highest BCUT2D eigenvalue weighted by Gasteiger charge is 2.46. The summed E-state index contributed by atoms with van der Waals surface area (Å²) < 4.78 is 2.52. The third-order valence-corrected chi connectivity index (χ3v) is 5.26. The monoisotopic (exact) mass is 213 g/mol. The second-order valence-corrected chi connectivity index (χ2v) is 6.41. The Morgan fingerprint density at radius 2 is 1.79 bits per heavy atom. The van der Waals surface area contributed by atoms with Gasteiger partial charge in [0.1, 0.15) is 0 Å². The molecule has 14 heavy (non-hydrogen) atoms. The third-order valence-electron chi connectivity index (χ3n) is 4.37. The Labute approximate surface area is 92.8 Å². The summed E-state index contributed by atoms with van der Waals surface area (Å²) in [6.45, 7) is 7.42. The van der Waals surface area contributed by atoms with E-state index >= 15 is 0 Å². The van der Waals surface area contributed by atoms with Gasteiger partial charge >= 0.3 is 0 Å². The molecule has 1 aliphatic carbocycles. The van der Waals surface area contributed by atoms with Crippen molar-refractivity contribution in [1.29, 1.82) is 0 Å². The average Bonchev–Trinajstić information content (AvgIpc) is 2.14. The first-order valence-corrected chi connectivity index (χ1v) is 7.12. The van der Waals surface area contributed by atoms with E-state index in [2.05, 4.69) is 24.4 Å². The summed E-state index contributed by atoms with van der Waals surface area (Å²) >= 11 is 1.92. The van der Waals surface area contributed by atoms with Gasteiger partial charge in [-0.25, -0.2) is 0 Å². The van der Waals surface area contributed by atoms with E-state index in [4.69, 9.17) is 0 Å². The van der Waals surface area contributed by atoms with E-state index in [0.29, 0.717) is 0 Å². The summed E-state index contributed by atoms with van der Waals surface area (Å²) in [6.07, 6.45) is 8.16. The van der Waals surface area contributed by atoms with Gasteiger partial charge in [-0.05, 0) is 49.2 Å². The van der Waals surface area contributed by atoms with Gasteiger partial charge in [0.2, 0.25) is 0 Å². The van der Waals surface area contributed by atoms with Crippen LogP contribution < -0.4 is 0 Å². The number of nitrogens with zero attached hydrogens (tertiary/aromatic N) is 1. The summed E-state index contributed by atoms with van der Waals surface area (Å²) in [5.41, 5.74) is 0.779. The fourth-order valence-corrected chi connectivity index (χ4v) is 3.62. The number of hydrogen-bond acceptors (Lipinski definition) is 2. The Bertz CT molecular complexity index is 186. The highest BCUT2D eigenvalue weighted by molar-refractivity contribution is 7.96. The molecule has 2 aliphatic rings. The fourth-order valence-electron chi connectivity index (χ4n) is 3.08. The normalized spacial score (nSPS) is 28.3. The first-order chi connectivity index (χ1) is 6.65. The maximum absolute atomic E-state index is 2.52. The molecule has 2 heteroatoms. The number of hydrogen-bond donors (Lipinski definition) is 0. The first kappa shape index (κ1) is 10.8. The molecular formula is C12H23NS. The van der Waals surface area contributed by atoms with Crippen LogP contribution in [0.2, 0.25) is 0 Å². The Kier molecular flexibility index (Phi) is 3.13. The van der Waals surface area contributed by atoms with Crippen LogP contribution in [0.15, 0.2) is 0 Å². The molecular weight excluding hydrogens is 190 g/mol. The summed E-state index contributed by atoms with van der Waals surface area (Å²) in [5.74, 6) is 1.95. The zero-order valence-electron chi connectivity index (χ0n) is 9.75. The largest absolute Gasteiger partial charge is 0.251 e. The van der Waals surface area contributed by atoms with E-state index in [1.54, 1.807) is 0 Å². The zero-order valence-corrected chi connectivity index (χ0v) is 10.6. The smallest absolute Gasteiger partial charge is 0.00945 e. The minimum Gasteiger partial charge on any atom is -0.251 e. The van der Waals surface area contributed by atoms with Gasteiger partial charge in [0.05, 0.1) is 0 Å². The van der Waals surface area contributed by atoms with Crippen LogP contribution in [0.5, 0.6) is 0 Å². The number of rotatable bonds is 2. The molecule has 1 heterocycles. The predicted molar refractivity (Wildman–Crippen MR) is 64.3 cm³/mol. The van der Waals surface area contributed by atoms with Crippen molar-refractivity contribution in [3.8, 4) is 0 Å². The van der Waals surface area contributed by atoms with E-state index in [9.17, 15) is 0 Å².